The number of amides is 1. The highest BCUT2D eigenvalue weighted by Gasteiger charge is 2.34. The van der Waals surface area contributed by atoms with E-state index in [0.29, 0.717) is 5.56 Å². The number of sulfonamides is 1. The number of morpholine rings is 1. The van der Waals surface area contributed by atoms with Gasteiger partial charge in [0.1, 0.15) is 10.6 Å². The number of non-ortho nitro benzene ring substituents is 1. The van der Waals surface area contributed by atoms with Gasteiger partial charge in [0, 0.05) is 36.8 Å². The lowest BCUT2D eigenvalue weighted by atomic mass is 10.1. The molecule has 2 heterocycles. The normalized spacial score (nSPS) is 17.3. The average molecular weight is 508 g/mol. The summed E-state index contributed by atoms with van der Waals surface area (Å²) >= 11 is 0. The number of hydrogen-bond donors (Lipinski definition) is 1. The van der Waals surface area contributed by atoms with Crippen LogP contribution >= 0.6 is 0 Å². The Morgan fingerprint density at radius 1 is 1.26 bits per heavy atom. The number of carbonyl (C=O) groups excluding carboxylic acids is 1. The first-order valence-corrected chi connectivity index (χ1v) is 12.8. The third-order valence-electron chi connectivity index (χ3n) is 5.76. The molecule has 0 atom stereocenters. The molecule has 1 aliphatic heterocycles. The molecule has 12 nitrogen and oxygen atoms in total. The maximum Gasteiger partial charge on any atom is 0.272 e. The highest BCUT2D eigenvalue weighted by Crippen LogP contribution is 2.38. The summed E-state index contributed by atoms with van der Waals surface area (Å²) in [4.78, 5) is 23.2. The number of nitro benzene ring substituents is 1. The van der Waals surface area contributed by atoms with Crippen LogP contribution < -0.4 is 10.1 Å². The van der Waals surface area contributed by atoms with Crippen molar-refractivity contribution >= 4 is 21.6 Å². The lowest BCUT2D eigenvalue weighted by Gasteiger charge is -2.27. The molecule has 0 unspecified atom stereocenters. The summed E-state index contributed by atoms with van der Waals surface area (Å²) in [5.74, 6) is -0.238. The number of carbonyl (C=O) groups is 1. The Morgan fingerprint density at radius 3 is 2.49 bits per heavy atom. The fraction of sp³-hybridized carbons (Fsp3) is 0.545. The maximum absolute atomic E-state index is 13.5. The summed E-state index contributed by atoms with van der Waals surface area (Å²) in [6.45, 7) is 7.97. The molecule has 0 spiro atoms. The van der Waals surface area contributed by atoms with E-state index in [0.717, 1.165) is 18.9 Å². The van der Waals surface area contributed by atoms with Crippen molar-refractivity contribution in [2.75, 3.05) is 26.3 Å². The van der Waals surface area contributed by atoms with Crippen molar-refractivity contribution in [1.29, 1.82) is 0 Å². The van der Waals surface area contributed by atoms with Crippen LogP contribution in [0.4, 0.5) is 5.69 Å². The lowest BCUT2D eigenvalue weighted by Crippen LogP contribution is -2.40. The van der Waals surface area contributed by atoms with Crippen LogP contribution in [0.15, 0.2) is 23.1 Å². The molecule has 1 aliphatic carbocycles. The summed E-state index contributed by atoms with van der Waals surface area (Å²) in [7, 11) is -4.13. The number of rotatable bonds is 7. The number of ether oxygens (including phenoxy) is 2. The highest BCUT2D eigenvalue weighted by molar-refractivity contribution is 7.89. The van der Waals surface area contributed by atoms with Crippen molar-refractivity contribution in [2.45, 2.75) is 57.0 Å². The van der Waals surface area contributed by atoms with Crippen LogP contribution in [0.3, 0.4) is 0 Å². The minimum absolute atomic E-state index is 0.0928. The molecule has 1 aromatic heterocycles. The number of aromatic nitrogens is 2. The van der Waals surface area contributed by atoms with E-state index in [1.807, 2.05) is 20.8 Å². The quantitative estimate of drug-likeness (QED) is 0.444. The molecule has 190 valence electrons. The van der Waals surface area contributed by atoms with Gasteiger partial charge in [0.2, 0.25) is 15.9 Å². The van der Waals surface area contributed by atoms with Crippen molar-refractivity contribution in [3.8, 4) is 11.6 Å². The van der Waals surface area contributed by atoms with Crippen molar-refractivity contribution in [1.82, 2.24) is 19.4 Å². The summed E-state index contributed by atoms with van der Waals surface area (Å²) in [5.41, 5.74) is -0.371. The Balaban J connectivity index is 1.80. The van der Waals surface area contributed by atoms with Crippen molar-refractivity contribution < 1.29 is 27.6 Å². The van der Waals surface area contributed by atoms with Gasteiger partial charge < -0.3 is 14.8 Å². The molecule has 1 saturated heterocycles. The molecule has 1 saturated carbocycles. The highest BCUT2D eigenvalue weighted by atomic mass is 32.2. The largest absolute Gasteiger partial charge is 0.438 e. The van der Waals surface area contributed by atoms with Crippen LogP contribution in [0.1, 0.15) is 49.7 Å². The van der Waals surface area contributed by atoms with E-state index >= 15 is 0 Å². The van der Waals surface area contributed by atoms with E-state index in [1.54, 1.807) is 6.92 Å². The molecule has 2 fully saturated rings. The van der Waals surface area contributed by atoms with Crippen LogP contribution in [0.2, 0.25) is 0 Å². The van der Waals surface area contributed by atoms with E-state index in [1.165, 1.54) is 21.1 Å². The number of nitrogens with one attached hydrogen (secondary N) is 1. The molecule has 2 aliphatic rings. The van der Waals surface area contributed by atoms with E-state index in [2.05, 4.69) is 10.4 Å². The zero-order valence-electron chi connectivity index (χ0n) is 20.1. The summed E-state index contributed by atoms with van der Waals surface area (Å²) < 4.78 is 41.0. The molecular formula is C22H29N5O7S. The SMILES string of the molecule is Cc1c(C(=O)NC2CC2)nn(C(C)(C)C)c1Oc1ccc([N+](=O)[O-])cc1S(=O)(=O)N1CCOCC1. The molecule has 0 radical (unpaired) electrons. The van der Waals surface area contributed by atoms with Gasteiger partial charge in [0.05, 0.1) is 23.7 Å². The Hall–Kier alpha value is -3.03. The van der Waals surface area contributed by atoms with Gasteiger partial charge >= 0.3 is 0 Å². The standard InChI is InChI=1S/C22H29N5O7S/c1-14-19(20(28)23-15-5-6-15)24-26(22(2,3)4)21(14)34-17-8-7-16(27(29)30)13-18(17)35(31,32)25-9-11-33-12-10-25/h7-8,13,15H,5-6,9-12H2,1-4H3,(H,23,28). The third kappa shape index (κ3) is 5.16. The first-order chi connectivity index (χ1) is 16.4. The molecule has 1 N–H and O–H groups in total. The van der Waals surface area contributed by atoms with Crippen molar-refractivity contribution in [2.24, 2.45) is 0 Å². The van der Waals surface area contributed by atoms with Gasteiger partial charge in [0.15, 0.2) is 5.69 Å². The molecule has 13 heteroatoms. The summed E-state index contributed by atoms with van der Waals surface area (Å²) in [5, 5.41) is 18.8. The second-order valence-electron chi connectivity index (χ2n) is 9.62. The molecule has 1 aromatic carbocycles. The first kappa shape index (κ1) is 25.1. The minimum atomic E-state index is -4.13. The van der Waals surface area contributed by atoms with E-state index in [-0.39, 0.29) is 66.2 Å². The lowest BCUT2D eigenvalue weighted by molar-refractivity contribution is -0.385. The predicted octanol–water partition coefficient (Wildman–Crippen LogP) is 2.56. The van der Waals surface area contributed by atoms with E-state index < -0.39 is 20.5 Å². The second kappa shape index (κ2) is 9.21. The van der Waals surface area contributed by atoms with E-state index in [4.69, 9.17) is 9.47 Å². The van der Waals surface area contributed by atoms with Gasteiger partial charge in [-0.05, 0) is 46.6 Å². The second-order valence-corrected chi connectivity index (χ2v) is 11.5. The molecule has 2 aromatic rings. The average Bonchev–Trinajstić information content (AvgIpc) is 3.55. The minimum Gasteiger partial charge on any atom is -0.438 e. The first-order valence-electron chi connectivity index (χ1n) is 11.3. The molecule has 35 heavy (non-hydrogen) atoms. The Morgan fingerprint density at radius 2 is 1.91 bits per heavy atom. The van der Waals surface area contributed by atoms with Crippen LogP contribution in [0.25, 0.3) is 0 Å². The van der Waals surface area contributed by atoms with Gasteiger partial charge in [-0.2, -0.15) is 9.40 Å². The smallest absolute Gasteiger partial charge is 0.272 e. The van der Waals surface area contributed by atoms with Crippen LogP contribution in [-0.2, 0) is 20.3 Å². The van der Waals surface area contributed by atoms with Crippen LogP contribution in [0.5, 0.6) is 11.6 Å². The number of nitro groups is 1. The monoisotopic (exact) mass is 507 g/mol. The number of benzene rings is 1. The van der Waals surface area contributed by atoms with Gasteiger partial charge in [-0.3, -0.25) is 14.9 Å². The fourth-order valence-electron chi connectivity index (χ4n) is 3.68. The summed E-state index contributed by atoms with van der Waals surface area (Å²) in [6, 6.07) is 3.57. The molecule has 1 amide bonds. The van der Waals surface area contributed by atoms with Crippen LogP contribution in [0, 0.1) is 17.0 Å². The third-order valence-corrected chi connectivity index (χ3v) is 7.68. The van der Waals surface area contributed by atoms with Crippen molar-refractivity contribution in [3.63, 3.8) is 0 Å². The number of nitrogens with zero attached hydrogens (tertiary/aromatic N) is 4. The zero-order chi connectivity index (χ0) is 25.5. The van der Waals surface area contributed by atoms with Crippen LogP contribution in [-0.4, -0.2) is 65.7 Å². The van der Waals surface area contributed by atoms with Gasteiger partial charge in [-0.1, -0.05) is 0 Å². The van der Waals surface area contributed by atoms with Crippen molar-refractivity contribution in [3.05, 3.63) is 39.6 Å². The Bertz CT molecular complexity index is 1260. The fourth-order valence-corrected chi connectivity index (χ4v) is 5.22. The maximum atomic E-state index is 13.5. The molecule has 0 bridgehead atoms. The molecular weight excluding hydrogens is 478 g/mol. The topological polar surface area (TPSA) is 146 Å². The van der Waals surface area contributed by atoms with Gasteiger partial charge in [0.25, 0.3) is 11.6 Å². The van der Waals surface area contributed by atoms with E-state index in [9.17, 15) is 23.3 Å². The predicted molar refractivity (Wildman–Crippen MR) is 125 cm³/mol. The summed E-state index contributed by atoms with van der Waals surface area (Å²) in [6.07, 6.45) is 1.83. The number of hydrogen-bond acceptors (Lipinski definition) is 8. The van der Waals surface area contributed by atoms with Gasteiger partial charge in [-0.25, -0.2) is 13.1 Å². The Labute approximate surface area is 203 Å². The zero-order valence-corrected chi connectivity index (χ0v) is 20.9. The Kier molecular flexibility index (Phi) is 6.60. The van der Waals surface area contributed by atoms with Gasteiger partial charge in [-0.15, -0.1) is 0 Å². The molecule has 4 rings (SSSR count).